The Labute approximate surface area is 170 Å². The molecule has 8 atom stereocenters. The number of carbonyl (C=O) groups excluding carboxylic acids is 2. The molecular weight excluding hydrogens is 348 g/mol. The minimum absolute atomic E-state index is 0.0428. The van der Waals surface area contributed by atoms with Gasteiger partial charge in [-0.1, -0.05) is 39.8 Å². The zero-order chi connectivity index (χ0) is 20.5. The van der Waals surface area contributed by atoms with Crippen LogP contribution in [0.2, 0.25) is 0 Å². The van der Waals surface area contributed by atoms with Crippen LogP contribution < -0.4 is 0 Å². The van der Waals surface area contributed by atoms with Gasteiger partial charge in [-0.25, -0.2) is 0 Å². The Bertz CT molecular complexity index is 764. The molecule has 0 bridgehead atoms. The van der Waals surface area contributed by atoms with E-state index in [4.69, 9.17) is 4.74 Å². The highest BCUT2D eigenvalue weighted by atomic mass is 16.5. The second-order valence-electron chi connectivity index (χ2n) is 10.3. The lowest BCUT2D eigenvalue weighted by Crippen LogP contribution is -2.58. The van der Waals surface area contributed by atoms with Crippen molar-refractivity contribution in [3.63, 3.8) is 0 Å². The number of Topliss-reactive ketones (excluding diaryl/α,β-unsaturated/α-hetero) is 1. The van der Waals surface area contributed by atoms with E-state index in [0.29, 0.717) is 30.3 Å². The quantitative estimate of drug-likeness (QED) is 0.676. The molecule has 0 saturated heterocycles. The molecule has 0 heterocycles. The zero-order valence-electron chi connectivity index (χ0n) is 18.4. The van der Waals surface area contributed by atoms with Gasteiger partial charge in [0.1, 0.15) is 5.60 Å². The number of ketones is 2. The van der Waals surface area contributed by atoms with E-state index in [-0.39, 0.29) is 28.3 Å². The first-order chi connectivity index (χ1) is 13.1. The third kappa shape index (κ3) is 2.26. The molecule has 0 radical (unpaired) electrons. The van der Waals surface area contributed by atoms with E-state index in [2.05, 4.69) is 39.8 Å². The summed E-state index contributed by atoms with van der Waals surface area (Å²) in [5.41, 5.74) is 0.552. The number of hydrogen-bond donors (Lipinski definition) is 0. The maximum absolute atomic E-state index is 12.8. The third-order valence-corrected chi connectivity index (χ3v) is 9.74. The van der Waals surface area contributed by atoms with E-state index in [1.54, 1.807) is 6.92 Å². The lowest BCUT2D eigenvalue weighted by Gasteiger charge is -2.59. The molecule has 2 fully saturated rings. The molecular formula is C25H36O3. The minimum Gasteiger partial charge on any atom is -0.367 e. The Kier molecular flexibility index (Phi) is 4.58. The van der Waals surface area contributed by atoms with E-state index in [1.165, 1.54) is 5.57 Å². The Morgan fingerprint density at radius 1 is 1.18 bits per heavy atom. The highest BCUT2D eigenvalue weighted by Crippen LogP contribution is 2.68. The highest BCUT2D eigenvalue weighted by molar-refractivity contribution is 5.94. The average Bonchev–Trinajstić information content (AvgIpc) is 2.95. The summed E-state index contributed by atoms with van der Waals surface area (Å²) in [5.74, 6) is 2.37. The van der Waals surface area contributed by atoms with E-state index in [9.17, 15) is 9.59 Å². The Morgan fingerprint density at radius 3 is 2.50 bits per heavy atom. The molecule has 4 aliphatic carbocycles. The Balaban J connectivity index is 1.77. The van der Waals surface area contributed by atoms with Gasteiger partial charge in [0.05, 0.1) is 0 Å². The Hall–Kier alpha value is -1.22. The smallest absolute Gasteiger partial charge is 0.162 e. The average molecular weight is 385 g/mol. The van der Waals surface area contributed by atoms with Crippen LogP contribution in [-0.4, -0.2) is 23.8 Å². The van der Waals surface area contributed by atoms with E-state index >= 15 is 0 Å². The number of hydrogen-bond acceptors (Lipinski definition) is 3. The van der Waals surface area contributed by atoms with Crippen molar-refractivity contribution < 1.29 is 14.3 Å². The predicted octanol–water partition coefficient (Wildman–Crippen LogP) is 5.15. The predicted molar refractivity (Wildman–Crippen MR) is 111 cm³/mol. The Morgan fingerprint density at radius 2 is 1.86 bits per heavy atom. The zero-order valence-corrected chi connectivity index (χ0v) is 18.4. The van der Waals surface area contributed by atoms with Crippen LogP contribution in [0.4, 0.5) is 0 Å². The first-order valence-corrected chi connectivity index (χ1v) is 11.2. The number of allylic oxidation sites excluding steroid dienone is 4. The standard InChI is InChI=1S/C25H36O3/c1-7-28-25(17(4)26)13-11-20-19-9-8-18-14-22(27)15(2)16(3)24(18,6)21(19)10-12-23(20,25)5/h8-9,14-16,19-21H,7,10-13H2,1-6H3/t15?,16?,19-,20-,21+,23-,24+,25-/m0/s1. The van der Waals surface area contributed by atoms with Crippen LogP contribution in [0.5, 0.6) is 0 Å². The van der Waals surface area contributed by atoms with E-state index < -0.39 is 5.60 Å². The van der Waals surface area contributed by atoms with Gasteiger partial charge in [0.2, 0.25) is 0 Å². The summed E-state index contributed by atoms with van der Waals surface area (Å²) in [6.07, 6.45) is 10.6. The second kappa shape index (κ2) is 6.39. The van der Waals surface area contributed by atoms with Gasteiger partial charge in [-0.2, -0.15) is 0 Å². The molecule has 4 rings (SSSR count). The minimum atomic E-state index is -0.621. The van der Waals surface area contributed by atoms with Gasteiger partial charge in [-0.05, 0) is 80.3 Å². The second-order valence-corrected chi connectivity index (χ2v) is 10.3. The molecule has 154 valence electrons. The SMILES string of the molecule is CCO[C@]1(C(C)=O)CC[C@H]2[C@@H]3C=CC4=CC(=O)C(C)C(C)[C@@]4(C)[C@@H]3CC[C@@]21C. The number of fused-ring (bicyclic) bond motifs is 5. The molecule has 0 aromatic heterocycles. The normalized spacial score (nSPS) is 49.9. The van der Waals surface area contributed by atoms with Crippen LogP contribution in [0.15, 0.2) is 23.8 Å². The van der Waals surface area contributed by atoms with Crippen LogP contribution in [0, 0.1) is 40.4 Å². The van der Waals surface area contributed by atoms with Crippen LogP contribution >= 0.6 is 0 Å². The largest absolute Gasteiger partial charge is 0.367 e. The maximum atomic E-state index is 12.8. The molecule has 0 aromatic rings. The molecule has 4 aliphatic rings. The molecule has 2 unspecified atom stereocenters. The topological polar surface area (TPSA) is 43.4 Å². The summed E-state index contributed by atoms with van der Waals surface area (Å²) in [4.78, 5) is 25.3. The summed E-state index contributed by atoms with van der Waals surface area (Å²) in [6.45, 7) is 13.4. The number of rotatable bonds is 3. The molecule has 0 aromatic carbocycles. The lowest BCUT2D eigenvalue weighted by molar-refractivity contribution is -0.172. The molecule has 3 nitrogen and oxygen atoms in total. The van der Waals surface area contributed by atoms with Crippen molar-refractivity contribution in [3.05, 3.63) is 23.8 Å². The fraction of sp³-hybridized carbons (Fsp3) is 0.760. The summed E-state index contributed by atoms with van der Waals surface area (Å²) < 4.78 is 6.26. The molecule has 0 amide bonds. The third-order valence-electron chi connectivity index (χ3n) is 9.74. The van der Waals surface area contributed by atoms with Gasteiger partial charge in [-0.15, -0.1) is 0 Å². The van der Waals surface area contributed by atoms with Crippen molar-refractivity contribution in [1.82, 2.24) is 0 Å². The van der Waals surface area contributed by atoms with Gasteiger partial charge in [-0.3, -0.25) is 9.59 Å². The molecule has 2 saturated carbocycles. The first kappa shape index (κ1) is 20.1. The van der Waals surface area contributed by atoms with E-state index in [1.807, 2.05) is 13.0 Å². The van der Waals surface area contributed by atoms with Gasteiger partial charge >= 0.3 is 0 Å². The lowest BCUT2D eigenvalue weighted by atomic mass is 9.45. The molecule has 28 heavy (non-hydrogen) atoms. The van der Waals surface area contributed by atoms with E-state index in [0.717, 1.165) is 25.7 Å². The molecule has 3 heteroatoms. The number of carbonyl (C=O) groups is 2. The van der Waals surface area contributed by atoms with Crippen molar-refractivity contribution in [2.45, 2.75) is 72.8 Å². The van der Waals surface area contributed by atoms with Crippen LogP contribution in [0.3, 0.4) is 0 Å². The van der Waals surface area contributed by atoms with Gasteiger partial charge in [0.25, 0.3) is 0 Å². The fourth-order valence-corrected chi connectivity index (χ4v) is 7.79. The number of ether oxygens (including phenoxy) is 1. The highest BCUT2D eigenvalue weighted by Gasteiger charge is 2.66. The molecule has 0 aliphatic heterocycles. The molecule has 0 spiro atoms. The van der Waals surface area contributed by atoms with Crippen LogP contribution in [0.25, 0.3) is 0 Å². The van der Waals surface area contributed by atoms with Crippen molar-refractivity contribution in [2.24, 2.45) is 40.4 Å². The van der Waals surface area contributed by atoms with Gasteiger partial charge in [0, 0.05) is 17.9 Å². The van der Waals surface area contributed by atoms with Crippen LogP contribution in [-0.2, 0) is 14.3 Å². The van der Waals surface area contributed by atoms with Crippen LogP contribution in [0.1, 0.15) is 67.2 Å². The van der Waals surface area contributed by atoms with Crippen molar-refractivity contribution >= 4 is 11.6 Å². The summed E-state index contributed by atoms with van der Waals surface area (Å²) in [7, 11) is 0. The first-order valence-electron chi connectivity index (χ1n) is 11.2. The molecule has 0 N–H and O–H groups in total. The fourth-order valence-electron chi connectivity index (χ4n) is 7.79. The van der Waals surface area contributed by atoms with Gasteiger partial charge in [0.15, 0.2) is 11.6 Å². The van der Waals surface area contributed by atoms with Crippen molar-refractivity contribution in [1.29, 1.82) is 0 Å². The van der Waals surface area contributed by atoms with Gasteiger partial charge < -0.3 is 4.74 Å². The maximum Gasteiger partial charge on any atom is 0.162 e. The monoisotopic (exact) mass is 384 g/mol. The summed E-state index contributed by atoms with van der Waals surface area (Å²) in [5, 5.41) is 0. The summed E-state index contributed by atoms with van der Waals surface area (Å²) in [6, 6.07) is 0. The van der Waals surface area contributed by atoms with Crippen molar-refractivity contribution in [3.8, 4) is 0 Å². The summed E-state index contributed by atoms with van der Waals surface area (Å²) >= 11 is 0. The van der Waals surface area contributed by atoms with Crippen molar-refractivity contribution in [2.75, 3.05) is 6.61 Å².